The molecule has 100 valence electrons. The molecule has 0 bridgehead atoms. The van der Waals surface area contributed by atoms with Crippen LogP contribution in [0.15, 0.2) is 42.5 Å². The van der Waals surface area contributed by atoms with Crippen LogP contribution in [0.25, 0.3) is 0 Å². The van der Waals surface area contributed by atoms with Gasteiger partial charge in [0.2, 0.25) is 0 Å². The number of halogens is 2. The Morgan fingerprint density at radius 3 is 2.53 bits per heavy atom. The van der Waals surface area contributed by atoms with Crippen LogP contribution in [0, 0.1) is 0 Å². The number of rotatable bonds is 5. The monoisotopic (exact) mass is 295 g/mol. The molecule has 0 fully saturated rings. The van der Waals surface area contributed by atoms with E-state index in [1.165, 1.54) is 5.56 Å². The zero-order valence-electron chi connectivity index (χ0n) is 10.6. The molecule has 19 heavy (non-hydrogen) atoms. The molecule has 2 rings (SSSR count). The summed E-state index contributed by atoms with van der Waals surface area (Å²) in [6.07, 6.45) is 0. The van der Waals surface area contributed by atoms with E-state index < -0.39 is 0 Å². The Bertz CT molecular complexity index is 558. The highest BCUT2D eigenvalue weighted by Crippen LogP contribution is 2.26. The molecule has 0 spiro atoms. The molecule has 0 atom stereocenters. The molecule has 0 unspecified atom stereocenters. The zero-order chi connectivity index (χ0) is 13.7. The Hall–Kier alpha value is -1.22. The number of hydrogen-bond donors (Lipinski definition) is 1. The fraction of sp³-hybridized carbons (Fsp3) is 0.200. The smallest absolute Gasteiger partial charge is 0.0716 e. The lowest BCUT2D eigenvalue weighted by molar-refractivity contribution is 0.184. The molecule has 0 aromatic heterocycles. The predicted octanol–water partition coefficient (Wildman–Crippen LogP) is 4.75. The lowest BCUT2D eigenvalue weighted by atomic mass is 10.1. The molecule has 2 aromatic rings. The highest BCUT2D eigenvalue weighted by molar-refractivity contribution is 6.35. The van der Waals surface area contributed by atoms with Crippen LogP contribution in [0.4, 0.5) is 5.69 Å². The molecule has 0 heterocycles. The topological polar surface area (TPSA) is 21.3 Å². The van der Waals surface area contributed by atoms with Crippen LogP contribution >= 0.6 is 23.2 Å². The van der Waals surface area contributed by atoms with Gasteiger partial charge in [-0.3, -0.25) is 0 Å². The van der Waals surface area contributed by atoms with Gasteiger partial charge < -0.3 is 10.1 Å². The number of ether oxygens (including phenoxy) is 1. The Kier molecular flexibility index (Phi) is 5.08. The summed E-state index contributed by atoms with van der Waals surface area (Å²) in [6, 6.07) is 13.5. The van der Waals surface area contributed by atoms with E-state index in [-0.39, 0.29) is 0 Å². The molecule has 0 aliphatic carbocycles. The third-order valence-electron chi connectivity index (χ3n) is 2.82. The second-order valence-corrected chi connectivity index (χ2v) is 5.02. The van der Waals surface area contributed by atoms with E-state index in [1.807, 2.05) is 18.2 Å². The Labute approximate surface area is 123 Å². The Morgan fingerprint density at radius 1 is 1.05 bits per heavy atom. The van der Waals surface area contributed by atoms with Gasteiger partial charge >= 0.3 is 0 Å². The second-order valence-electron chi connectivity index (χ2n) is 4.18. The molecule has 1 N–H and O–H groups in total. The van der Waals surface area contributed by atoms with Gasteiger partial charge in [0, 0.05) is 18.7 Å². The van der Waals surface area contributed by atoms with Gasteiger partial charge in [0.15, 0.2) is 0 Å². The van der Waals surface area contributed by atoms with Crippen LogP contribution in [0.1, 0.15) is 11.1 Å². The van der Waals surface area contributed by atoms with Crippen molar-refractivity contribution >= 4 is 28.9 Å². The number of methoxy groups -OCH3 is 1. The van der Waals surface area contributed by atoms with Gasteiger partial charge in [0.25, 0.3) is 0 Å². The van der Waals surface area contributed by atoms with Gasteiger partial charge in [-0.1, -0.05) is 47.5 Å². The quantitative estimate of drug-likeness (QED) is 0.859. The molecular weight excluding hydrogens is 281 g/mol. The first kappa shape index (κ1) is 14.2. The van der Waals surface area contributed by atoms with E-state index in [9.17, 15) is 0 Å². The summed E-state index contributed by atoms with van der Waals surface area (Å²) in [4.78, 5) is 0. The molecule has 4 heteroatoms. The van der Waals surface area contributed by atoms with Gasteiger partial charge in [-0.05, 0) is 29.3 Å². The minimum Gasteiger partial charge on any atom is -0.380 e. The fourth-order valence-corrected chi connectivity index (χ4v) is 2.21. The van der Waals surface area contributed by atoms with Crippen LogP contribution in [0.3, 0.4) is 0 Å². The minimum atomic E-state index is 0.598. The van der Waals surface area contributed by atoms with Crippen LogP contribution in [-0.2, 0) is 17.9 Å². The van der Waals surface area contributed by atoms with E-state index in [0.29, 0.717) is 23.2 Å². The van der Waals surface area contributed by atoms with Crippen molar-refractivity contribution in [2.75, 3.05) is 12.4 Å². The van der Waals surface area contributed by atoms with Crippen molar-refractivity contribution in [2.24, 2.45) is 0 Å². The summed E-state index contributed by atoms with van der Waals surface area (Å²) in [5, 5.41) is 4.62. The maximum Gasteiger partial charge on any atom is 0.0716 e. The SMILES string of the molecule is COCc1ccccc1CNc1cc(Cl)ccc1Cl. The molecule has 2 aromatic carbocycles. The van der Waals surface area contributed by atoms with Crippen molar-refractivity contribution in [3.63, 3.8) is 0 Å². The molecular formula is C15H15Cl2NO. The second kappa shape index (κ2) is 6.80. The molecule has 0 aliphatic heterocycles. The standard InChI is InChI=1S/C15H15Cl2NO/c1-19-10-12-5-3-2-4-11(12)9-18-15-8-13(16)6-7-14(15)17/h2-8,18H,9-10H2,1H3. The van der Waals surface area contributed by atoms with E-state index in [1.54, 1.807) is 19.2 Å². The summed E-state index contributed by atoms with van der Waals surface area (Å²) in [5.41, 5.74) is 3.18. The molecule has 0 saturated heterocycles. The lowest BCUT2D eigenvalue weighted by Crippen LogP contribution is -2.04. The first-order chi connectivity index (χ1) is 9.20. The largest absolute Gasteiger partial charge is 0.380 e. The van der Waals surface area contributed by atoms with Crippen molar-refractivity contribution in [2.45, 2.75) is 13.2 Å². The minimum absolute atomic E-state index is 0.598. The zero-order valence-corrected chi connectivity index (χ0v) is 12.1. The highest BCUT2D eigenvalue weighted by Gasteiger charge is 2.04. The maximum atomic E-state index is 6.12. The Morgan fingerprint density at radius 2 is 1.79 bits per heavy atom. The van der Waals surface area contributed by atoms with E-state index in [0.717, 1.165) is 11.3 Å². The van der Waals surface area contributed by atoms with E-state index >= 15 is 0 Å². The van der Waals surface area contributed by atoms with E-state index in [2.05, 4.69) is 17.4 Å². The average Bonchev–Trinajstić information content (AvgIpc) is 2.42. The van der Waals surface area contributed by atoms with Gasteiger partial charge in [0.05, 0.1) is 17.3 Å². The summed E-state index contributed by atoms with van der Waals surface area (Å²) in [5.74, 6) is 0. The number of nitrogens with one attached hydrogen (secondary N) is 1. The molecule has 0 saturated carbocycles. The maximum absolute atomic E-state index is 6.12. The normalized spacial score (nSPS) is 10.5. The van der Waals surface area contributed by atoms with Crippen molar-refractivity contribution in [1.82, 2.24) is 0 Å². The molecule has 2 nitrogen and oxygen atoms in total. The Balaban J connectivity index is 2.12. The fourth-order valence-electron chi connectivity index (χ4n) is 1.85. The number of anilines is 1. The van der Waals surface area contributed by atoms with E-state index in [4.69, 9.17) is 27.9 Å². The van der Waals surface area contributed by atoms with Crippen molar-refractivity contribution in [1.29, 1.82) is 0 Å². The van der Waals surface area contributed by atoms with Crippen LogP contribution in [-0.4, -0.2) is 7.11 Å². The van der Waals surface area contributed by atoms with Crippen LogP contribution in [0.2, 0.25) is 10.0 Å². The molecule has 0 aliphatic rings. The van der Waals surface area contributed by atoms with Crippen molar-refractivity contribution in [3.05, 3.63) is 63.6 Å². The first-order valence-electron chi connectivity index (χ1n) is 5.95. The third-order valence-corrected chi connectivity index (χ3v) is 3.38. The molecule has 0 amide bonds. The summed E-state index contributed by atoms with van der Waals surface area (Å²) in [6.45, 7) is 1.28. The lowest BCUT2D eigenvalue weighted by Gasteiger charge is -2.12. The predicted molar refractivity (Wildman–Crippen MR) is 80.9 cm³/mol. The molecule has 0 radical (unpaired) electrons. The van der Waals surface area contributed by atoms with Gasteiger partial charge in [-0.2, -0.15) is 0 Å². The van der Waals surface area contributed by atoms with Gasteiger partial charge in [0.1, 0.15) is 0 Å². The number of hydrogen-bond acceptors (Lipinski definition) is 2. The van der Waals surface area contributed by atoms with Gasteiger partial charge in [-0.15, -0.1) is 0 Å². The first-order valence-corrected chi connectivity index (χ1v) is 6.71. The average molecular weight is 296 g/mol. The van der Waals surface area contributed by atoms with Crippen LogP contribution < -0.4 is 5.32 Å². The van der Waals surface area contributed by atoms with Crippen molar-refractivity contribution < 1.29 is 4.74 Å². The summed E-state index contributed by atoms with van der Waals surface area (Å²) >= 11 is 12.1. The highest BCUT2D eigenvalue weighted by atomic mass is 35.5. The van der Waals surface area contributed by atoms with Crippen LogP contribution in [0.5, 0.6) is 0 Å². The summed E-state index contributed by atoms with van der Waals surface area (Å²) in [7, 11) is 1.69. The van der Waals surface area contributed by atoms with Gasteiger partial charge in [-0.25, -0.2) is 0 Å². The third kappa shape index (κ3) is 3.87. The van der Waals surface area contributed by atoms with Crippen molar-refractivity contribution in [3.8, 4) is 0 Å². The number of benzene rings is 2. The summed E-state index contributed by atoms with van der Waals surface area (Å²) < 4.78 is 5.19.